The van der Waals surface area contributed by atoms with Crippen molar-refractivity contribution in [1.29, 1.82) is 0 Å². The summed E-state index contributed by atoms with van der Waals surface area (Å²) in [5.41, 5.74) is 6.82. The minimum Gasteiger partial charge on any atom is -0.507 e. The van der Waals surface area contributed by atoms with Gasteiger partial charge in [-0.2, -0.15) is 0 Å². The van der Waals surface area contributed by atoms with Crippen LogP contribution in [0.4, 0.5) is 0 Å². The lowest BCUT2D eigenvalue weighted by Gasteiger charge is -2.56. The zero-order chi connectivity index (χ0) is 47.2. The van der Waals surface area contributed by atoms with Crippen LogP contribution in [0.15, 0.2) is 24.3 Å². The van der Waals surface area contributed by atoms with Crippen molar-refractivity contribution in [2.24, 2.45) is 58.8 Å². The number of primary amides is 2. The fraction of sp³-hybridized carbons (Fsp3) is 0.479. The molecule has 17 heteroatoms. The van der Waals surface area contributed by atoms with Crippen molar-refractivity contribution in [3.05, 3.63) is 57.6 Å². The molecular formula is C48H47N3O14. The Morgan fingerprint density at radius 1 is 0.723 bits per heavy atom. The van der Waals surface area contributed by atoms with Gasteiger partial charge in [0.2, 0.25) is 11.8 Å². The van der Waals surface area contributed by atoms with E-state index in [1.54, 1.807) is 12.1 Å². The molecule has 0 bridgehead atoms. The first-order valence-corrected chi connectivity index (χ1v) is 21.5. The van der Waals surface area contributed by atoms with Crippen LogP contribution >= 0.6 is 0 Å². The third-order valence-corrected chi connectivity index (χ3v) is 14.8. The number of benzene rings is 2. The van der Waals surface area contributed by atoms with Crippen LogP contribution in [-0.4, -0.2) is 120 Å². The molecule has 4 saturated carbocycles. The lowest BCUT2D eigenvalue weighted by molar-refractivity contribution is -0.203. The van der Waals surface area contributed by atoms with Gasteiger partial charge in [0, 0.05) is 42.2 Å². The molecule has 2 aromatic rings. The monoisotopic (exact) mass is 889 g/mol. The van der Waals surface area contributed by atoms with Gasteiger partial charge in [0.05, 0.1) is 29.0 Å². The smallest absolute Gasteiger partial charge is 0.235 e. The first kappa shape index (κ1) is 45.2. The second-order valence-electron chi connectivity index (χ2n) is 18.5. The number of likely N-dealkylation sites (N-methyl/N-ethyl adjacent to an activating group) is 1. The molecule has 0 aromatic heterocycles. The average molecular weight is 890 g/mol. The SMILES string of the molecule is CN(C)[C@@H]1C(=O)C(C(N)=O)C(=O)[C@@]2(O)C(O)C3C(=O)c4c(O)ccc(C#CCCCCC#Cc5ccc(O)c6c5C[C@H]5C[C@H]7CC(=O)C(C(N)=O)C(=O)[C@@]7(O)C(=O)C5C6=O)c4C[C@H]3C[C@@H]12. The van der Waals surface area contributed by atoms with Gasteiger partial charge in [0.1, 0.15) is 17.6 Å². The summed E-state index contributed by atoms with van der Waals surface area (Å²) in [6.07, 6.45) is -0.223. The molecular weight excluding hydrogens is 843 g/mol. The van der Waals surface area contributed by atoms with Gasteiger partial charge >= 0.3 is 0 Å². The molecule has 65 heavy (non-hydrogen) atoms. The van der Waals surface area contributed by atoms with Crippen molar-refractivity contribution >= 4 is 52.3 Å². The number of ketones is 7. The Balaban J connectivity index is 0.946. The van der Waals surface area contributed by atoms with E-state index in [1.165, 1.54) is 31.1 Å². The maximum absolute atomic E-state index is 14.1. The van der Waals surface area contributed by atoms with Crippen LogP contribution in [0.2, 0.25) is 0 Å². The Morgan fingerprint density at radius 3 is 1.80 bits per heavy atom. The first-order chi connectivity index (χ1) is 30.7. The molecule has 2 amide bonds. The van der Waals surface area contributed by atoms with Crippen molar-refractivity contribution in [2.75, 3.05) is 14.1 Å². The Hall–Kier alpha value is -6.37. The number of hydrogen-bond acceptors (Lipinski definition) is 15. The number of hydrogen-bond donors (Lipinski definition) is 7. The van der Waals surface area contributed by atoms with E-state index in [2.05, 4.69) is 23.7 Å². The largest absolute Gasteiger partial charge is 0.507 e. The van der Waals surface area contributed by atoms with Crippen molar-refractivity contribution in [2.45, 2.75) is 81.1 Å². The molecule has 0 aliphatic heterocycles. The molecule has 6 aliphatic rings. The second kappa shape index (κ2) is 16.3. The lowest BCUT2D eigenvalue weighted by Crippen LogP contribution is -2.75. The van der Waals surface area contributed by atoms with Crippen molar-refractivity contribution < 1.29 is 68.7 Å². The lowest BCUT2D eigenvalue weighted by atomic mass is 9.51. The van der Waals surface area contributed by atoms with Gasteiger partial charge in [0.15, 0.2) is 63.5 Å². The number of phenols is 2. The average Bonchev–Trinajstić information content (AvgIpc) is 3.22. The summed E-state index contributed by atoms with van der Waals surface area (Å²) in [5.74, 6) is -8.20. The fourth-order valence-corrected chi connectivity index (χ4v) is 11.8. The molecule has 9 N–H and O–H groups in total. The van der Waals surface area contributed by atoms with E-state index in [-0.39, 0.29) is 42.6 Å². The second-order valence-corrected chi connectivity index (χ2v) is 18.5. The van der Waals surface area contributed by atoms with Crippen LogP contribution in [0, 0.1) is 71.0 Å². The number of carbonyl (C=O) groups is 9. The van der Waals surface area contributed by atoms with Gasteiger partial charge in [-0.05, 0) is 99.8 Å². The van der Waals surface area contributed by atoms with Crippen LogP contribution in [0.25, 0.3) is 0 Å². The highest BCUT2D eigenvalue weighted by Gasteiger charge is 2.69. The van der Waals surface area contributed by atoms with E-state index in [1.807, 2.05) is 0 Å². The number of nitrogens with two attached hydrogens (primary N) is 2. The Morgan fingerprint density at radius 2 is 1.26 bits per heavy atom. The number of phenolic OH excluding ortho intramolecular Hbond substituents is 2. The molecule has 0 heterocycles. The number of aromatic hydroxyl groups is 2. The summed E-state index contributed by atoms with van der Waals surface area (Å²) in [6.45, 7) is 0. The standard InChI is InChI=1S/C48H47N3O14/c1-51(2)37-27-18-23-17-26-21(12-14-29(53)34(26)39(56)32(23)42(59)48(27,65)44(61)36(40(37)57)46(50)63)10-8-6-4-3-5-7-9-20-11-13-28(52)33-25(20)16-22-15-24-19-30(54)35(45(49)62)43(60)47(24,64)41(58)31(22)38(33)55/h11-14,22-24,27,31-32,35-37,42,52-53,59,64-65H,3-6,15-19H2,1-2H3,(H2,49,62)(H2,50,63)/t22-,23+,24+,27+,31?,32?,35?,36?,37+,42?,47+,48+/m1/s1. The van der Waals surface area contributed by atoms with E-state index >= 15 is 0 Å². The molecule has 12 atom stereocenters. The molecule has 0 saturated heterocycles. The van der Waals surface area contributed by atoms with Crippen molar-refractivity contribution in [1.82, 2.24) is 4.90 Å². The topological polar surface area (TPSA) is 310 Å². The molecule has 0 radical (unpaired) electrons. The maximum atomic E-state index is 14.1. The summed E-state index contributed by atoms with van der Waals surface area (Å²) < 4.78 is 0. The highest BCUT2D eigenvalue weighted by Crippen LogP contribution is 2.53. The van der Waals surface area contributed by atoms with Crippen LogP contribution in [0.5, 0.6) is 11.5 Å². The number of carbonyl (C=O) groups excluding carboxylic acids is 9. The summed E-state index contributed by atoms with van der Waals surface area (Å²) >= 11 is 0. The highest BCUT2D eigenvalue weighted by molar-refractivity contribution is 6.31. The number of unbranched alkanes of at least 4 members (excludes halogenated alkanes) is 3. The minimum atomic E-state index is -2.74. The number of rotatable bonds is 6. The Bertz CT molecular complexity index is 2680. The summed E-state index contributed by atoms with van der Waals surface area (Å²) in [5, 5.41) is 56.5. The quantitative estimate of drug-likeness (QED) is 0.107. The first-order valence-electron chi connectivity index (χ1n) is 21.5. The third kappa shape index (κ3) is 6.74. The van der Waals surface area contributed by atoms with E-state index in [0.717, 1.165) is 0 Å². The zero-order valence-corrected chi connectivity index (χ0v) is 35.5. The molecule has 4 fully saturated rings. The summed E-state index contributed by atoms with van der Waals surface area (Å²) in [7, 11) is 3.08. The summed E-state index contributed by atoms with van der Waals surface area (Å²) in [4.78, 5) is 120. The maximum Gasteiger partial charge on any atom is 0.235 e. The molecule has 5 unspecified atom stereocenters. The number of Topliss-reactive ketones (excluding diaryl/α,β-unsaturated/α-hetero) is 7. The van der Waals surface area contributed by atoms with Crippen LogP contribution in [0.1, 0.15) is 87.9 Å². The number of aliphatic hydroxyl groups excluding tert-OH is 1. The number of fused-ring (bicyclic) bond motifs is 6. The van der Waals surface area contributed by atoms with Gasteiger partial charge in [-0.3, -0.25) is 48.1 Å². The Labute approximate surface area is 371 Å². The van der Waals surface area contributed by atoms with Crippen molar-refractivity contribution in [3.8, 4) is 35.2 Å². The predicted molar refractivity (Wildman–Crippen MR) is 223 cm³/mol. The normalized spacial score (nSPS) is 33.5. The number of aliphatic hydroxyl groups is 3. The fourth-order valence-electron chi connectivity index (χ4n) is 11.8. The van der Waals surface area contributed by atoms with Gasteiger partial charge in [0.25, 0.3) is 0 Å². The zero-order valence-electron chi connectivity index (χ0n) is 35.5. The van der Waals surface area contributed by atoms with E-state index in [9.17, 15) is 68.7 Å². The van der Waals surface area contributed by atoms with E-state index < -0.39 is 135 Å². The highest BCUT2D eigenvalue weighted by atomic mass is 16.4. The molecule has 0 spiro atoms. The number of amides is 2. The molecule has 338 valence electrons. The van der Waals surface area contributed by atoms with E-state index in [4.69, 9.17) is 11.5 Å². The number of nitrogens with zero attached hydrogens (tertiary/aromatic N) is 1. The van der Waals surface area contributed by atoms with Crippen LogP contribution < -0.4 is 11.5 Å². The van der Waals surface area contributed by atoms with Gasteiger partial charge in [-0.15, -0.1) is 0 Å². The molecule has 17 nitrogen and oxygen atoms in total. The van der Waals surface area contributed by atoms with Crippen molar-refractivity contribution in [3.63, 3.8) is 0 Å². The van der Waals surface area contributed by atoms with Crippen LogP contribution in [0.3, 0.4) is 0 Å². The van der Waals surface area contributed by atoms with Gasteiger partial charge in [-0.25, -0.2) is 0 Å². The van der Waals surface area contributed by atoms with Gasteiger partial charge < -0.3 is 37.0 Å². The summed E-state index contributed by atoms with van der Waals surface area (Å²) in [6, 6.07) is 4.55. The molecule has 6 aliphatic carbocycles. The van der Waals surface area contributed by atoms with E-state index in [0.29, 0.717) is 47.9 Å². The molecule has 8 rings (SSSR count). The van der Waals surface area contributed by atoms with Crippen LogP contribution in [-0.2, 0) is 46.4 Å². The Kier molecular flexibility index (Phi) is 11.3. The third-order valence-electron chi connectivity index (χ3n) is 14.8. The predicted octanol–water partition coefficient (Wildman–Crippen LogP) is -0.737. The van der Waals surface area contributed by atoms with Gasteiger partial charge in [-0.1, -0.05) is 23.7 Å². The minimum absolute atomic E-state index is 0.0298. The molecule has 2 aromatic carbocycles.